The molecule has 0 radical (unpaired) electrons. The van der Waals surface area contributed by atoms with Crippen LogP contribution in [-0.4, -0.2) is 41.9 Å². The monoisotopic (exact) mass is 289 g/mol. The lowest BCUT2D eigenvalue weighted by Crippen LogP contribution is -2.29. The Morgan fingerprint density at radius 1 is 1.40 bits per heavy atom. The van der Waals surface area contributed by atoms with Gasteiger partial charge < -0.3 is 10.2 Å². The van der Waals surface area contributed by atoms with Crippen molar-refractivity contribution in [1.82, 2.24) is 4.90 Å². The van der Waals surface area contributed by atoms with Crippen LogP contribution in [0.25, 0.3) is 0 Å². The van der Waals surface area contributed by atoms with Crippen LogP contribution in [0.5, 0.6) is 0 Å². The Morgan fingerprint density at radius 2 is 2.30 bits per heavy atom. The number of rotatable bonds is 4. The summed E-state index contributed by atoms with van der Waals surface area (Å²) < 4.78 is 0. The maximum absolute atomic E-state index is 11.9. The first-order chi connectivity index (χ1) is 9.78. The van der Waals surface area contributed by atoms with E-state index in [1.54, 1.807) is 24.3 Å². The molecule has 0 saturated carbocycles. The zero-order valence-electron chi connectivity index (χ0n) is 11.5. The van der Waals surface area contributed by atoms with E-state index >= 15 is 0 Å². The molecule has 106 valence electrons. The largest absolute Gasteiger partial charge is 0.326 e. The highest BCUT2D eigenvalue weighted by atomic mass is 32.2. The van der Waals surface area contributed by atoms with Gasteiger partial charge in [-0.2, -0.15) is 17.0 Å². The highest BCUT2D eigenvalue weighted by molar-refractivity contribution is 7.99. The number of benzene rings is 1. The topological polar surface area (TPSA) is 56.1 Å². The summed E-state index contributed by atoms with van der Waals surface area (Å²) in [4.78, 5) is 14.3. The second-order valence-electron chi connectivity index (χ2n) is 4.80. The van der Waals surface area contributed by atoms with Crippen molar-refractivity contribution in [3.05, 3.63) is 29.8 Å². The van der Waals surface area contributed by atoms with Crippen LogP contribution in [0.1, 0.15) is 18.4 Å². The maximum atomic E-state index is 11.9. The number of thioether (sulfide) groups is 1. The molecule has 0 bridgehead atoms. The van der Waals surface area contributed by atoms with Crippen molar-refractivity contribution < 1.29 is 4.79 Å². The second-order valence-corrected chi connectivity index (χ2v) is 6.02. The van der Waals surface area contributed by atoms with Gasteiger partial charge in [-0.1, -0.05) is 6.07 Å². The van der Waals surface area contributed by atoms with Crippen molar-refractivity contribution in [3.8, 4) is 6.07 Å². The van der Waals surface area contributed by atoms with Crippen molar-refractivity contribution >= 4 is 23.4 Å². The van der Waals surface area contributed by atoms with E-state index in [0.717, 1.165) is 25.4 Å². The molecule has 1 fully saturated rings. The van der Waals surface area contributed by atoms with Gasteiger partial charge in [-0.05, 0) is 36.9 Å². The van der Waals surface area contributed by atoms with E-state index < -0.39 is 0 Å². The van der Waals surface area contributed by atoms with Crippen LogP contribution in [0, 0.1) is 11.3 Å². The van der Waals surface area contributed by atoms with Crippen molar-refractivity contribution in [2.75, 3.05) is 36.5 Å². The van der Waals surface area contributed by atoms with E-state index in [2.05, 4.69) is 16.3 Å². The van der Waals surface area contributed by atoms with E-state index in [4.69, 9.17) is 5.26 Å². The third-order valence-corrected chi connectivity index (χ3v) is 4.29. The van der Waals surface area contributed by atoms with Gasteiger partial charge in [0, 0.05) is 31.0 Å². The van der Waals surface area contributed by atoms with Gasteiger partial charge >= 0.3 is 0 Å². The standard InChI is InChI=1S/C15H19N3OS/c16-12-13-3-1-4-14(11-13)17-15(19)5-7-18-6-2-9-20-10-8-18/h1,3-4,11H,2,5-10H2,(H,17,19). The van der Waals surface area contributed by atoms with E-state index in [1.807, 2.05) is 11.8 Å². The Hall–Kier alpha value is -1.51. The minimum Gasteiger partial charge on any atom is -0.326 e. The summed E-state index contributed by atoms with van der Waals surface area (Å²) >= 11 is 1.99. The van der Waals surface area contributed by atoms with Crippen molar-refractivity contribution in [1.29, 1.82) is 5.26 Å². The average Bonchev–Trinajstić information content (AvgIpc) is 2.74. The molecule has 0 aliphatic carbocycles. The van der Waals surface area contributed by atoms with Crippen LogP contribution in [0.2, 0.25) is 0 Å². The van der Waals surface area contributed by atoms with Crippen LogP contribution in [-0.2, 0) is 4.79 Å². The lowest BCUT2D eigenvalue weighted by molar-refractivity contribution is -0.116. The first-order valence-corrected chi connectivity index (χ1v) is 8.03. The molecule has 20 heavy (non-hydrogen) atoms. The lowest BCUT2D eigenvalue weighted by Gasteiger charge is -2.18. The van der Waals surface area contributed by atoms with Gasteiger partial charge in [0.15, 0.2) is 0 Å². The number of nitriles is 1. The summed E-state index contributed by atoms with van der Waals surface area (Å²) in [5.41, 5.74) is 1.26. The van der Waals surface area contributed by atoms with Gasteiger partial charge in [0.2, 0.25) is 5.91 Å². The first kappa shape index (κ1) is 14.9. The normalized spacial score (nSPS) is 16.1. The van der Waals surface area contributed by atoms with Gasteiger partial charge in [-0.25, -0.2) is 0 Å². The highest BCUT2D eigenvalue weighted by Crippen LogP contribution is 2.12. The lowest BCUT2D eigenvalue weighted by atomic mass is 10.2. The number of nitrogens with zero attached hydrogens (tertiary/aromatic N) is 2. The molecular weight excluding hydrogens is 270 g/mol. The highest BCUT2D eigenvalue weighted by Gasteiger charge is 2.11. The summed E-state index contributed by atoms with van der Waals surface area (Å²) in [6.07, 6.45) is 1.71. The molecule has 1 N–H and O–H groups in total. The zero-order chi connectivity index (χ0) is 14.2. The van der Waals surface area contributed by atoms with Crippen LogP contribution in [0.15, 0.2) is 24.3 Å². The van der Waals surface area contributed by atoms with Gasteiger partial charge in [-0.3, -0.25) is 4.79 Å². The average molecular weight is 289 g/mol. The van der Waals surface area contributed by atoms with Gasteiger partial charge in [0.1, 0.15) is 0 Å². The summed E-state index contributed by atoms with van der Waals surface area (Å²) in [6, 6.07) is 9.08. The minimum atomic E-state index is 0.0111. The number of hydrogen-bond acceptors (Lipinski definition) is 4. The molecule has 0 atom stereocenters. The van der Waals surface area contributed by atoms with Crippen LogP contribution in [0.4, 0.5) is 5.69 Å². The van der Waals surface area contributed by atoms with E-state index in [0.29, 0.717) is 17.7 Å². The van der Waals surface area contributed by atoms with E-state index in [9.17, 15) is 4.79 Å². The van der Waals surface area contributed by atoms with Crippen molar-refractivity contribution in [2.45, 2.75) is 12.8 Å². The molecular formula is C15H19N3OS. The van der Waals surface area contributed by atoms with Crippen LogP contribution >= 0.6 is 11.8 Å². The minimum absolute atomic E-state index is 0.0111. The Balaban J connectivity index is 1.78. The Morgan fingerprint density at radius 3 is 3.15 bits per heavy atom. The number of hydrogen-bond donors (Lipinski definition) is 1. The van der Waals surface area contributed by atoms with Crippen molar-refractivity contribution in [3.63, 3.8) is 0 Å². The molecule has 5 heteroatoms. The van der Waals surface area contributed by atoms with Gasteiger partial charge in [0.05, 0.1) is 11.6 Å². The summed E-state index contributed by atoms with van der Waals surface area (Å²) in [5, 5.41) is 11.7. The Kier molecular flexibility index (Phi) is 5.90. The molecule has 1 aliphatic rings. The molecule has 0 spiro atoms. The third kappa shape index (κ3) is 4.87. The summed E-state index contributed by atoms with van der Waals surface area (Å²) in [5.74, 6) is 2.40. The predicted octanol–water partition coefficient (Wildman–Crippen LogP) is 2.33. The molecule has 0 aromatic heterocycles. The smallest absolute Gasteiger partial charge is 0.225 e. The Labute approximate surface area is 124 Å². The Bertz CT molecular complexity index is 490. The van der Waals surface area contributed by atoms with Gasteiger partial charge in [0.25, 0.3) is 0 Å². The molecule has 1 heterocycles. The van der Waals surface area contributed by atoms with Crippen molar-refractivity contribution in [2.24, 2.45) is 0 Å². The third-order valence-electron chi connectivity index (χ3n) is 3.25. The number of carbonyl (C=O) groups is 1. The molecule has 1 amide bonds. The fourth-order valence-corrected chi connectivity index (χ4v) is 3.10. The molecule has 2 rings (SSSR count). The number of anilines is 1. The molecule has 0 unspecified atom stereocenters. The molecule has 1 aliphatic heterocycles. The van der Waals surface area contributed by atoms with E-state index in [1.165, 1.54) is 12.2 Å². The number of amides is 1. The second kappa shape index (κ2) is 7.93. The SMILES string of the molecule is N#Cc1cccc(NC(=O)CCN2CCCSCC2)c1. The fourth-order valence-electron chi connectivity index (χ4n) is 2.17. The molecule has 1 aromatic carbocycles. The van der Waals surface area contributed by atoms with E-state index in [-0.39, 0.29) is 5.91 Å². The maximum Gasteiger partial charge on any atom is 0.225 e. The van der Waals surface area contributed by atoms with Crippen LogP contribution < -0.4 is 5.32 Å². The summed E-state index contributed by atoms with van der Waals surface area (Å²) in [6.45, 7) is 2.97. The first-order valence-electron chi connectivity index (χ1n) is 6.88. The van der Waals surface area contributed by atoms with Gasteiger partial charge in [-0.15, -0.1) is 0 Å². The molecule has 1 saturated heterocycles. The molecule has 4 nitrogen and oxygen atoms in total. The quantitative estimate of drug-likeness (QED) is 0.924. The fraction of sp³-hybridized carbons (Fsp3) is 0.467. The zero-order valence-corrected chi connectivity index (χ0v) is 12.3. The van der Waals surface area contributed by atoms with Crippen LogP contribution in [0.3, 0.4) is 0 Å². The summed E-state index contributed by atoms with van der Waals surface area (Å²) in [7, 11) is 0. The number of carbonyl (C=O) groups excluding carboxylic acids is 1. The molecule has 1 aromatic rings. The predicted molar refractivity (Wildman–Crippen MR) is 82.8 cm³/mol. The number of nitrogens with one attached hydrogen (secondary N) is 1.